The van der Waals surface area contributed by atoms with Crippen molar-refractivity contribution in [2.45, 2.75) is 6.42 Å². The molecule has 0 unspecified atom stereocenters. The van der Waals surface area contributed by atoms with E-state index in [-0.39, 0.29) is 36.5 Å². The van der Waals surface area contributed by atoms with Gasteiger partial charge in [0.1, 0.15) is 7.05 Å². The highest BCUT2D eigenvalue weighted by Gasteiger charge is 2.05. The highest BCUT2D eigenvalue weighted by atomic mass is 127. The lowest BCUT2D eigenvalue weighted by Gasteiger charge is -2.02. The van der Waals surface area contributed by atoms with E-state index < -0.39 is 0 Å². The van der Waals surface area contributed by atoms with Crippen molar-refractivity contribution in [3.8, 4) is 0 Å². The molecule has 0 aliphatic rings. The molecular formula is C10H15IN2O2. The molecule has 4 nitrogen and oxygen atoms in total. The number of rotatable bonds is 4. The van der Waals surface area contributed by atoms with E-state index in [1.807, 2.05) is 24.0 Å². The van der Waals surface area contributed by atoms with E-state index in [1.54, 1.807) is 12.1 Å². The summed E-state index contributed by atoms with van der Waals surface area (Å²) in [5, 5.41) is 11.2. The molecule has 5 heteroatoms. The summed E-state index contributed by atoms with van der Waals surface area (Å²) in [4.78, 5) is 11.4. The Bertz CT molecular complexity index is 301. The predicted molar refractivity (Wildman–Crippen MR) is 51.7 cm³/mol. The number of aryl methyl sites for hydroxylation is 1. The zero-order valence-electron chi connectivity index (χ0n) is 8.61. The maximum Gasteiger partial charge on any atom is 0.251 e. The maximum atomic E-state index is 11.4. The van der Waals surface area contributed by atoms with Gasteiger partial charge in [0.25, 0.3) is 5.91 Å². The second kappa shape index (κ2) is 7.58. The zero-order valence-corrected chi connectivity index (χ0v) is 10.8. The van der Waals surface area contributed by atoms with Crippen molar-refractivity contribution in [2.24, 2.45) is 7.05 Å². The van der Waals surface area contributed by atoms with Crippen LogP contribution in [0.3, 0.4) is 0 Å². The van der Waals surface area contributed by atoms with E-state index in [9.17, 15) is 4.79 Å². The quantitative estimate of drug-likeness (QED) is 0.345. The molecule has 0 bridgehead atoms. The standard InChI is InChI=1S/C10H14N2O2.HI/c1-12-6-3-9(4-7-12)10(14)11-5-2-8-13;/h3-4,6-7,13H,2,5,8H2,1H3;1H. The van der Waals surface area contributed by atoms with Gasteiger partial charge in [-0.3, -0.25) is 4.79 Å². The van der Waals surface area contributed by atoms with Gasteiger partial charge in [0, 0.05) is 25.3 Å². The van der Waals surface area contributed by atoms with E-state index in [4.69, 9.17) is 5.11 Å². The number of nitrogens with zero attached hydrogens (tertiary/aromatic N) is 1. The minimum atomic E-state index is -0.0981. The molecule has 0 saturated heterocycles. The lowest BCUT2D eigenvalue weighted by molar-refractivity contribution is -0.671. The van der Waals surface area contributed by atoms with Gasteiger partial charge in [-0.1, -0.05) is 0 Å². The second-order valence-corrected chi connectivity index (χ2v) is 3.09. The second-order valence-electron chi connectivity index (χ2n) is 3.09. The summed E-state index contributed by atoms with van der Waals surface area (Å²) in [7, 11) is 1.90. The van der Waals surface area contributed by atoms with Crippen molar-refractivity contribution >= 4 is 5.91 Å². The smallest absolute Gasteiger partial charge is 0.251 e. The van der Waals surface area contributed by atoms with Crippen LogP contribution in [0.1, 0.15) is 16.8 Å². The summed E-state index contributed by atoms with van der Waals surface area (Å²) >= 11 is 0. The number of amides is 1. The fourth-order valence-electron chi connectivity index (χ4n) is 1.04. The van der Waals surface area contributed by atoms with Crippen LogP contribution in [-0.4, -0.2) is 24.2 Å². The molecular weight excluding hydrogens is 307 g/mol. The minimum Gasteiger partial charge on any atom is -1.00 e. The first-order chi connectivity index (χ1) is 6.74. The molecule has 0 fully saturated rings. The number of hydrogen-bond acceptors (Lipinski definition) is 2. The van der Waals surface area contributed by atoms with Gasteiger partial charge in [0.05, 0.1) is 5.56 Å². The molecule has 84 valence electrons. The van der Waals surface area contributed by atoms with Crippen LogP contribution in [0, 0.1) is 0 Å². The van der Waals surface area contributed by atoms with E-state index in [0.717, 1.165) is 0 Å². The monoisotopic (exact) mass is 322 g/mol. The summed E-state index contributed by atoms with van der Waals surface area (Å²) in [5.74, 6) is -0.0981. The van der Waals surface area contributed by atoms with Crippen LogP contribution in [0.15, 0.2) is 24.5 Å². The fraction of sp³-hybridized carbons (Fsp3) is 0.400. The van der Waals surface area contributed by atoms with Gasteiger partial charge in [-0.2, -0.15) is 0 Å². The average molecular weight is 322 g/mol. The van der Waals surface area contributed by atoms with Crippen LogP contribution in [0.5, 0.6) is 0 Å². The molecule has 1 aromatic rings. The van der Waals surface area contributed by atoms with E-state index in [0.29, 0.717) is 18.5 Å². The van der Waals surface area contributed by atoms with Crippen LogP contribution in [0.4, 0.5) is 0 Å². The first kappa shape index (κ1) is 14.3. The molecule has 0 aliphatic carbocycles. The summed E-state index contributed by atoms with van der Waals surface area (Å²) in [6.07, 6.45) is 4.23. The first-order valence-corrected chi connectivity index (χ1v) is 4.58. The number of aliphatic hydroxyl groups excluding tert-OH is 1. The van der Waals surface area contributed by atoms with Gasteiger partial charge in [-0.25, -0.2) is 4.57 Å². The summed E-state index contributed by atoms with van der Waals surface area (Å²) in [6.45, 7) is 0.611. The van der Waals surface area contributed by atoms with Gasteiger partial charge < -0.3 is 34.4 Å². The van der Waals surface area contributed by atoms with E-state index in [2.05, 4.69) is 5.32 Å². The van der Waals surface area contributed by atoms with Gasteiger partial charge in [-0.05, 0) is 6.42 Å². The molecule has 0 atom stereocenters. The number of carbonyl (C=O) groups excluding carboxylic acids is 1. The number of aromatic nitrogens is 1. The lowest BCUT2D eigenvalue weighted by atomic mass is 10.2. The zero-order chi connectivity index (χ0) is 10.4. The first-order valence-electron chi connectivity index (χ1n) is 4.58. The van der Waals surface area contributed by atoms with E-state index >= 15 is 0 Å². The molecule has 15 heavy (non-hydrogen) atoms. The van der Waals surface area contributed by atoms with Crippen LogP contribution < -0.4 is 33.9 Å². The summed E-state index contributed by atoms with van der Waals surface area (Å²) in [5.41, 5.74) is 0.640. The molecule has 0 aromatic carbocycles. The Morgan fingerprint density at radius 2 is 2.07 bits per heavy atom. The molecule has 1 heterocycles. The third-order valence-corrected chi connectivity index (χ3v) is 1.86. The third-order valence-electron chi connectivity index (χ3n) is 1.86. The molecule has 1 rings (SSSR count). The largest absolute Gasteiger partial charge is 1.00 e. The van der Waals surface area contributed by atoms with Crippen LogP contribution in [0.25, 0.3) is 0 Å². The van der Waals surface area contributed by atoms with E-state index in [1.165, 1.54) is 0 Å². The molecule has 0 saturated carbocycles. The topological polar surface area (TPSA) is 53.2 Å². The van der Waals surface area contributed by atoms with Crippen LogP contribution >= 0.6 is 0 Å². The molecule has 1 aromatic heterocycles. The predicted octanol–water partition coefficient (Wildman–Crippen LogP) is -3.37. The van der Waals surface area contributed by atoms with Gasteiger partial charge in [0.15, 0.2) is 12.4 Å². The van der Waals surface area contributed by atoms with Crippen LogP contribution in [-0.2, 0) is 7.05 Å². The number of halogens is 1. The minimum absolute atomic E-state index is 0. The third kappa shape index (κ3) is 5.08. The Hall–Kier alpha value is -0.690. The van der Waals surface area contributed by atoms with Crippen molar-refractivity contribution in [2.75, 3.05) is 13.2 Å². The van der Waals surface area contributed by atoms with Gasteiger partial charge in [0.2, 0.25) is 0 Å². The van der Waals surface area contributed by atoms with Crippen molar-refractivity contribution in [3.63, 3.8) is 0 Å². The SMILES string of the molecule is C[n+]1ccc(C(=O)NCCCO)cc1.[I-]. The maximum absolute atomic E-state index is 11.4. The van der Waals surface area contributed by atoms with Gasteiger partial charge >= 0.3 is 0 Å². The highest BCUT2D eigenvalue weighted by molar-refractivity contribution is 5.93. The average Bonchev–Trinajstić information content (AvgIpc) is 2.19. The summed E-state index contributed by atoms with van der Waals surface area (Å²) in [6, 6.07) is 3.52. The Kier molecular flexibility index (Phi) is 7.23. The number of carbonyl (C=O) groups is 1. The van der Waals surface area contributed by atoms with Crippen molar-refractivity contribution in [1.82, 2.24) is 5.32 Å². The normalized spacial score (nSPS) is 9.20. The van der Waals surface area contributed by atoms with Crippen LogP contribution in [0.2, 0.25) is 0 Å². The molecule has 0 spiro atoms. The lowest BCUT2D eigenvalue weighted by Crippen LogP contribution is -3.00. The Morgan fingerprint density at radius 1 is 1.47 bits per heavy atom. The number of nitrogens with one attached hydrogen (secondary N) is 1. The molecule has 0 aliphatic heterocycles. The highest BCUT2D eigenvalue weighted by Crippen LogP contribution is 1.94. The number of pyridine rings is 1. The van der Waals surface area contributed by atoms with Crippen molar-refractivity contribution in [3.05, 3.63) is 30.1 Å². The number of hydrogen-bond donors (Lipinski definition) is 2. The van der Waals surface area contributed by atoms with Crippen molar-refractivity contribution < 1.29 is 38.4 Å². The molecule has 2 N–H and O–H groups in total. The Morgan fingerprint density at radius 3 is 2.60 bits per heavy atom. The Labute approximate surface area is 106 Å². The summed E-state index contributed by atoms with van der Waals surface area (Å²) < 4.78 is 1.87. The molecule has 0 radical (unpaired) electrons. The Balaban J connectivity index is 0.00000196. The van der Waals surface area contributed by atoms with Crippen molar-refractivity contribution in [1.29, 1.82) is 0 Å². The van der Waals surface area contributed by atoms with Gasteiger partial charge in [-0.15, -0.1) is 0 Å². The number of aliphatic hydroxyl groups is 1. The molecule has 1 amide bonds. The fourth-order valence-corrected chi connectivity index (χ4v) is 1.04.